The molecule has 0 unspecified atom stereocenters. The number of amides is 1. The summed E-state index contributed by atoms with van der Waals surface area (Å²) < 4.78 is 5.74. The fourth-order valence-corrected chi connectivity index (χ4v) is 2.71. The van der Waals surface area contributed by atoms with E-state index in [1.807, 2.05) is 12.1 Å². The van der Waals surface area contributed by atoms with Crippen molar-refractivity contribution in [1.82, 2.24) is 4.90 Å². The average Bonchev–Trinajstić information content (AvgIpc) is 2.86. The zero-order valence-electron chi connectivity index (χ0n) is 11.2. The summed E-state index contributed by atoms with van der Waals surface area (Å²) in [5.74, 6) is 0.569. The Labute approximate surface area is 112 Å². The summed E-state index contributed by atoms with van der Waals surface area (Å²) in [4.78, 5) is 16.0. The lowest BCUT2D eigenvalue weighted by Gasteiger charge is -2.34. The van der Waals surface area contributed by atoms with Crippen LogP contribution in [0.15, 0.2) is 12.1 Å². The molecule has 0 saturated carbocycles. The lowest BCUT2D eigenvalue weighted by Crippen LogP contribution is -2.44. The first-order chi connectivity index (χ1) is 9.15. The lowest BCUT2D eigenvalue weighted by molar-refractivity contribution is 0.1000. The summed E-state index contributed by atoms with van der Waals surface area (Å²) in [6.45, 7) is 4.65. The Balaban J connectivity index is 1.97. The molecule has 1 saturated heterocycles. The number of nitrogens with two attached hydrogens (primary N) is 1. The molecule has 0 aromatic heterocycles. The van der Waals surface area contributed by atoms with Crippen LogP contribution >= 0.6 is 0 Å². The highest BCUT2D eigenvalue weighted by molar-refractivity contribution is 5.95. The molecule has 2 aliphatic rings. The van der Waals surface area contributed by atoms with Gasteiger partial charge in [0.1, 0.15) is 5.75 Å². The fraction of sp³-hybridized carbons (Fsp3) is 0.500. The number of likely N-dealkylation sites (N-methyl/N-ethyl adjacent to an activating group) is 1. The van der Waals surface area contributed by atoms with Crippen LogP contribution in [0.2, 0.25) is 0 Å². The number of hydrogen-bond acceptors (Lipinski definition) is 4. The molecule has 1 aromatic rings. The minimum absolute atomic E-state index is 0.370. The number of anilines is 1. The van der Waals surface area contributed by atoms with Gasteiger partial charge in [0.25, 0.3) is 0 Å². The van der Waals surface area contributed by atoms with Crippen molar-refractivity contribution < 1.29 is 9.53 Å². The molecule has 5 heteroatoms. The van der Waals surface area contributed by atoms with Crippen molar-refractivity contribution >= 4 is 11.6 Å². The van der Waals surface area contributed by atoms with E-state index in [4.69, 9.17) is 10.5 Å². The molecule has 3 rings (SSSR count). The Bertz CT molecular complexity index is 508. The second kappa shape index (κ2) is 4.74. The van der Waals surface area contributed by atoms with Crippen LogP contribution in [0.3, 0.4) is 0 Å². The first kappa shape index (κ1) is 12.3. The van der Waals surface area contributed by atoms with Gasteiger partial charge < -0.3 is 20.3 Å². The second-order valence-electron chi connectivity index (χ2n) is 5.24. The van der Waals surface area contributed by atoms with Crippen molar-refractivity contribution in [2.45, 2.75) is 6.42 Å². The lowest BCUT2D eigenvalue weighted by atomic mass is 10.1. The van der Waals surface area contributed by atoms with Crippen LogP contribution in [0.25, 0.3) is 0 Å². The summed E-state index contributed by atoms with van der Waals surface area (Å²) in [5.41, 5.74) is 8.13. The third-order valence-electron chi connectivity index (χ3n) is 3.89. The highest BCUT2D eigenvalue weighted by atomic mass is 16.5. The van der Waals surface area contributed by atoms with Gasteiger partial charge in [0.15, 0.2) is 0 Å². The molecule has 0 aliphatic carbocycles. The predicted octanol–water partition coefficient (Wildman–Crippen LogP) is 0.472. The Kier molecular flexibility index (Phi) is 3.06. The number of ether oxygens (including phenoxy) is 1. The molecule has 1 amide bonds. The van der Waals surface area contributed by atoms with Gasteiger partial charge in [-0.3, -0.25) is 4.79 Å². The molecule has 1 aromatic carbocycles. The molecule has 0 radical (unpaired) electrons. The molecule has 5 nitrogen and oxygen atoms in total. The molecule has 0 bridgehead atoms. The molecule has 19 heavy (non-hydrogen) atoms. The van der Waals surface area contributed by atoms with Crippen molar-refractivity contribution in [1.29, 1.82) is 0 Å². The predicted molar refractivity (Wildman–Crippen MR) is 73.9 cm³/mol. The minimum atomic E-state index is -0.370. The Morgan fingerprint density at radius 2 is 2.00 bits per heavy atom. The largest absolute Gasteiger partial charge is 0.491 e. The van der Waals surface area contributed by atoms with E-state index in [9.17, 15) is 4.79 Å². The third-order valence-corrected chi connectivity index (χ3v) is 3.89. The number of benzene rings is 1. The van der Waals surface area contributed by atoms with Gasteiger partial charge in [0.2, 0.25) is 5.91 Å². The first-order valence-corrected chi connectivity index (χ1v) is 6.68. The number of primary amides is 1. The van der Waals surface area contributed by atoms with Gasteiger partial charge in [-0.1, -0.05) is 0 Å². The SMILES string of the molecule is CN1CCN(c2cc(C(N)=O)cc3c2OCC3)CC1. The van der Waals surface area contributed by atoms with Gasteiger partial charge in [-0.15, -0.1) is 0 Å². The maximum atomic E-state index is 11.4. The van der Waals surface area contributed by atoms with E-state index in [-0.39, 0.29) is 5.91 Å². The van der Waals surface area contributed by atoms with E-state index in [1.165, 1.54) is 0 Å². The van der Waals surface area contributed by atoms with Crippen LogP contribution < -0.4 is 15.4 Å². The van der Waals surface area contributed by atoms with Gasteiger partial charge in [-0.05, 0) is 19.2 Å². The Morgan fingerprint density at radius 1 is 1.26 bits per heavy atom. The maximum Gasteiger partial charge on any atom is 0.248 e. The van der Waals surface area contributed by atoms with Gasteiger partial charge >= 0.3 is 0 Å². The van der Waals surface area contributed by atoms with Crippen molar-refractivity contribution in [2.75, 3.05) is 44.7 Å². The summed E-state index contributed by atoms with van der Waals surface area (Å²) in [5, 5.41) is 0. The Morgan fingerprint density at radius 3 is 2.68 bits per heavy atom. The average molecular weight is 261 g/mol. The van der Waals surface area contributed by atoms with E-state index < -0.39 is 0 Å². The molecule has 0 spiro atoms. The maximum absolute atomic E-state index is 11.4. The fourth-order valence-electron chi connectivity index (χ4n) is 2.71. The van der Waals surface area contributed by atoms with E-state index in [0.29, 0.717) is 12.2 Å². The normalized spacial score (nSPS) is 19.1. The summed E-state index contributed by atoms with van der Waals surface area (Å²) in [7, 11) is 2.12. The number of rotatable bonds is 2. The second-order valence-corrected chi connectivity index (χ2v) is 5.24. The summed E-state index contributed by atoms with van der Waals surface area (Å²) in [6, 6.07) is 3.74. The van der Waals surface area contributed by atoms with Crippen molar-refractivity contribution in [3.05, 3.63) is 23.3 Å². The van der Waals surface area contributed by atoms with E-state index in [0.717, 1.165) is 49.6 Å². The number of fused-ring (bicyclic) bond motifs is 1. The number of piperazine rings is 1. The van der Waals surface area contributed by atoms with E-state index >= 15 is 0 Å². The minimum Gasteiger partial charge on any atom is -0.491 e. The van der Waals surface area contributed by atoms with Crippen LogP contribution in [-0.2, 0) is 6.42 Å². The van der Waals surface area contributed by atoms with Crippen molar-refractivity contribution in [3.8, 4) is 5.75 Å². The molecule has 102 valence electrons. The van der Waals surface area contributed by atoms with Crippen LogP contribution in [0, 0.1) is 0 Å². The molecule has 0 atom stereocenters. The smallest absolute Gasteiger partial charge is 0.248 e. The van der Waals surface area contributed by atoms with Crippen LogP contribution in [0.1, 0.15) is 15.9 Å². The number of carbonyl (C=O) groups excluding carboxylic acids is 1. The van der Waals surface area contributed by atoms with Gasteiger partial charge in [-0.2, -0.15) is 0 Å². The van der Waals surface area contributed by atoms with Gasteiger partial charge in [0.05, 0.1) is 12.3 Å². The zero-order valence-corrected chi connectivity index (χ0v) is 11.2. The molecule has 1 fully saturated rings. The molecule has 2 aliphatic heterocycles. The highest BCUT2D eigenvalue weighted by Gasteiger charge is 2.24. The first-order valence-electron chi connectivity index (χ1n) is 6.68. The monoisotopic (exact) mass is 261 g/mol. The summed E-state index contributed by atoms with van der Waals surface area (Å²) in [6.07, 6.45) is 0.858. The molecule has 2 N–H and O–H groups in total. The summed E-state index contributed by atoms with van der Waals surface area (Å²) >= 11 is 0. The topological polar surface area (TPSA) is 58.8 Å². The van der Waals surface area contributed by atoms with Crippen LogP contribution in [0.5, 0.6) is 5.75 Å². The van der Waals surface area contributed by atoms with Gasteiger partial charge in [0, 0.05) is 43.7 Å². The quantitative estimate of drug-likeness (QED) is 0.841. The molecule has 2 heterocycles. The zero-order chi connectivity index (χ0) is 13.4. The highest BCUT2D eigenvalue weighted by Crippen LogP contribution is 2.37. The molecular formula is C14H19N3O2. The van der Waals surface area contributed by atoms with Crippen LogP contribution in [0.4, 0.5) is 5.69 Å². The standard InChI is InChI=1S/C14H19N3O2/c1-16-3-5-17(6-4-16)12-9-11(14(15)18)8-10-2-7-19-13(10)12/h8-9H,2-7H2,1H3,(H2,15,18). The number of hydrogen-bond donors (Lipinski definition) is 1. The van der Waals surface area contributed by atoms with Crippen molar-refractivity contribution in [2.24, 2.45) is 5.73 Å². The van der Waals surface area contributed by atoms with E-state index in [2.05, 4.69) is 16.8 Å². The number of carbonyl (C=O) groups is 1. The van der Waals surface area contributed by atoms with Gasteiger partial charge in [-0.25, -0.2) is 0 Å². The van der Waals surface area contributed by atoms with Crippen molar-refractivity contribution in [3.63, 3.8) is 0 Å². The van der Waals surface area contributed by atoms with Crippen LogP contribution in [-0.4, -0.2) is 50.6 Å². The number of nitrogens with zero attached hydrogens (tertiary/aromatic N) is 2. The molecular weight excluding hydrogens is 242 g/mol. The Hall–Kier alpha value is -1.75. The third kappa shape index (κ3) is 2.26. The van der Waals surface area contributed by atoms with E-state index in [1.54, 1.807) is 0 Å².